The van der Waals surface area contributed by atoms with Crippen LogP contribution in [0, 0.1) is 6.92 Å². The molecular weight excluding hydrogens is 495 g/mol. The van der Waals surface area contributed by atoms with Crippen LogP contribution < -0.4 is 10.1 Å². The number of amides is 2. The van der Waals surface area contributed by atoms with Gasteiger partial charge in [0.1, 0.15) is 11.8 Å². The predicted octanol–water partition coefficient (Wildman–Crippen LogP) is 6.24. The normalized spacial score (nSPS) is 12.5. The van der Waals surface area contributed by atoms with E-state index in [1.54, 1.807) is 29.2 Å². The largest absolute Gasteiger partial charge is 0.484 e. The van der Waals surface area contributed by atoms with Crippen molar-refractivity contribution in [1.29, 1.82) is 0 Å². The number of rotatable bonds is 11. The summed E-state index contributed by atoms with van der Waals surface area (Å²) >= 11 is 12.6. The van der Waals surface area contributed by atoms with Crippen molar-refractivity contribution in [2.45, 2.75) is 52.2 Å². The first kappa shape index (κ1) is 27.6. The first-order chi connectivity index (χ1) is 17.3. The fraction of sp³-hybridized carbons (Fsp3) is 0.310. The molecule has 3 aromatic rings. The predicted molar refractivity (Wildman–Crippen MR) is 146 cm³/mol. The number of nitrogens with one attached hydrogen (secondary N) is 1. The molecule has 190 valence electrons. The summed E-state index contributed by atoms with van der Waals surface area (Å²) in [5, 5.41) is 3.98. The lowest BCUT2D eigenvalue weighted by Gasteiger charge is -2.32. The highest BCUT2D eigenvalue weighted by Crippen LogP contribution is 2.24. The number of ether oxygens (including phenoxy) is 1. The van der Waals surface area contributed by atoms with Gasteiger partial charge in [0.25, 0.3) is 5.91 Å². The molecule has 0 aliphatic rings. The van der Waals surface area contributed by atoms with E-state index in [2.05, 4.69) is 5.32 Å². The van der Waals surface area contributed by atoms with E-state index in [9.17, 15) is 9.59 Å². The number of benzene rings is 3. The van der Waals surface area contributed by atoms with Crippen LogP contribution in [0.2, 0.25) is 10.0 Å². The molecule has 0 heterocycles. The number of hydrogen-bond donors (Lipinski definition) is 1. The van der Waals surface area contributed by atoms with E-state index in [0.717, 1.165) is 17.5 Å². The van der Waals surface area contributed by atoms with Gasteiger partial charge in [-0.25, -0.2) is 0 Å². The highest BCUT2D eigenvalue weighted by atomic mass is 35.5. The maximum absolute atomic E-state index is 13.6. The molecule has 0 bridgehead atoms. The van der Waals surface area contributed by atoms with E-state index in [-0.39, 0.29) is 31.0 Å². The molecule has 0 aliphatic heterocycles. The van der Waals surface area contributed by atoms with Crippen LogP contribution in [0.25, 0.3) is 0 Å². The molecule has 0 spiro atoms. The third kappa shape index (κ3) is 8.00. The number of aryl methyl sites for hydroxylation is 1. The SMILES string of the molecule is CCC(C)NC(=O)C(Cc1ccccc1)N(Cc1ccc(Cl)cc1Cl)C(=O)COc1cccc(C)c1. The summed E-state index contributed by atoms with van der Waals surface area (Å²) in [5.74, 6) is 0.0569. The van der Waals surface area contributed by atoms with E-state index < -0.39 is 6.04 Å². The number of carbonyl (C=O) groups excluding carboxylic acids is 2. The topological polar surface area (TPSA) is 58.6 Å². The molecule has 0 saturated heterocycles. The minimum absolute atomic E-state index is 0.0320. The summed E-state index contributed by atoms with van der Waals surface area (Å²) < 4.78 is 5.82. The second-order valence-corrected chi connectivity index (χ2v) is 9.73. The van der Waals surface area contributed by atoms with Gasteiger partial charge in [0.2, 0.25) is 5.91 Å². The molecule has 0 saturated carbocycles. The Morgan fingerprint density at radius 3 is 2.42 bits per heavy atom. The van der Waals surface area contributed by atoms with Gasteiger partial charge in [-0.2, -0.15) is 0 Å². The highest BCUT2D eigenvalue weighted by molar-refractivity contribution is 6.35. The van der Waals surface area contributed by atoms with Gasteiger partial charge in [-0.15, -0.1) is 0 Å². The summed E-state index contributed by atoms with van der Waals surface area (Å²) in [7, 11) is 0. The molecule has 1 N–H and O–H groups in total. The second kappa shape index (κ2) is 13.3. The van der Waals surface area contributed by atoms with Crippen molar-refractivity contribution in [2.24, 2.45) is 0 Å². The van der Waals surface area contributed by atoms with Crippen LogP contribution in [0.5, 0.6) is 5.75 Å². The average molecular weight is 527 g/mol. The Labute approximate surface area is 223 Å². The van der Waals surface area contributed by atoms with Crippen LogP contribution in [0.3, 0.4) is 0 Å². The molecule has 0 fully saturated rings. The number of hydrogen-bond acceptors (Lipinski definition) is 3. The summed E-state index contributed by atoms with van der Waals surface area (Å²) in [6.07, 6.45) is 1.13. The molecule has 2 atom stereocenters. The zero-order valence-electron chi connectivity index (χ0n) is 20.8. The lowest BCUT2D eigenvalue weighted by atomic mass is 10.0. The Kier molecular flexibility index (Phi) is 10.2. The lowest BCUT2D eigenvalue weighted by molar-refractivity contribution is -0.143. The smallest absolute Gasteiger partial charge is 0.261 e. The van der Waals surface area contributed by atoms with Gasteiger partial charge in [-0.1, -0.05) is 78.7 Å². The van der Waals surface area contributed by atoms with Crippen LogP contribution in [-0.2, 0) is 22.6 Å². The number of halogens is 2. The van der Waals surface area contributed by atoms with Crippen LogP contribution >= 0.6 is 23.2 Å². The quantitative estimate of drug-likeness (QED) is 0.322. The summed E-state index contributed by atoms with van der Waals surface area (Å²) in [6.45, 7) is 5.83. The second-order valence-electron chi connectivity index (χ2n) is 8.89. The minimum atomic E-state index is -0.762. The van der Waals surface area contributed by atoms with Crippen LogP contribution in [0.1, 0.15) is 37.0 Å². The molecule has 0 aromatic heterocycles. The van der Waals surface area contributed by atoms with Crippen molar-refractivity contribution in [1.82, 2.24) is 10.2 Å². The third-order valence-corrected chi connectivity index (χ3v) is 6.57. The fourth-order valence-electron chi connectivity index (χ4n) is 3.76. The molecule has 3 rings (SSSR count). The van der Waals surface area contributed by atoms with Crippen molar-refractivity contribution in [3.05, 3.63) is 99.5 Å². The molecule has 5 nitrogen and oxygen atoms in total. The average Bonchev–Trinajstić information content (AvgIpc) is 2.86. The molecule has 2 unspecified atom stereocenters. The van der Waals surface area contributed by atoms with Crippen LogP contribution in [0.15, 0.2) is 72.8 Å². The Hall–Kier alpha value is -3.02. The first-order valence-electron chi connectivity index (χ1n) is 12.0. The van der Waals surface area contributed by atoms with E-state index in [0.29, 0.717) is 27.8 Å². The number of nitrogens with zero attached hydrogens (tertiary/aromatic N) is 1. The van der Waals surface area contributed by atoms with Gasteiger partial charge in [0, 0.05) is 29.1 Å². The Balaban J connectivity index is 1.94. The van der Waals surface area contributed by atoms with Gasteiger partial charge in [0.15, 0.2) is 6.61 Å². The molecule has 2 amide bonds. The van der Waals surface area contributed by atoms with Gasteiger partial charge in [-0.05, 0) is 61.2 Å². The third-order valence-electron chi connectivity index (χ3n) is 5.98. The van der Waals surface area contributed by atoms with Crippen LogP contribution in [0.4, 0.5) is 0 Å². The van der Waals surface area contributed by atoms with E-state index >= 15 is 0 Å². The highest BCUT2D eigenvalue weighted by Gasteiger charge is 2.31. The number of carbonyl (C=O) groups is 2. The maximum atomic E-state index is 13.6. The molecule has 0 aliphatic carbocycles. The maximum Gasteiger partial charge on any atom is 0.261 e. The Bertz CT molecular complexity index is 1170. The van der Waals surface area contributed by atoms with E-state index in [1.807, 2.05) is 69.3 Å². The molecule has 3 aromatic carbocycles. The summed E-state index contributed by atoms with van der Waals surface area (Å²) in [5.41, 5.74) is 2.67. The minimum Gasteiger partial charge on any atom is -0.484 e. The lowest BCUT2D eigenvalue weighted by Crippen LogP contribution is -2.53. The Morgan fingerprint density at radius 2 is 1.75 bits per heavy atom. The van der Waals surface area contributed by atoms with Crippen molar-refractivity contribution >= 4 is 35.0 Å². The van der Waals surface area contributed by atoms with E-state index in [1.165, 1.54) is 0 Å². The monoisotopic (exact) mass is 526 g/mol. The Morgan fingerprint density at radius 1 is 1.00 bits per heavy atom. The zero-order valence-corrected chi connectivity index (χ0v) is 22.4. The van der Waals surface area contributed by atoms with Crippen molar-refractivity contribution in [3.63, 3.8) is 0 Å². The molecule has 0 radical (unpaired) electrons. The van der Waals surface area contributed by atoms with Gasteiger partial charge < -0.3 is 15.0 Å². The molecular formula is C29H32Cl2N2O3. The fourth-order valence-corrected chi connectivity index (χ4v) is 4.23. The summed E-state index contributed by atoms with van der Waals surface area (Å²) in [4.78, 5) is 28.7. The van der Waals surface area contributed by atoms with E-state index in [4.69, 9.17) is 27.9 Å². The van der Waals surface area contributed by atoms with Crippen molar-refractivity contribution in [2.75, 3.05) is 6.61 Å². The zero-order chi connectivity index (χ0) is 26.1. The first-order valence-corrected chi connectivity index (χ1v) is 12.8. The van der Waals surface area contributed by atoms with Crippen LogP contribution in [-0.4, -0.2) is 35.4 Å². The summed E-state index contributed by atoms with van der Waals surface area (Å²) in [6, 6.07) is 21.5. The van der Waals surface area contributed by atoms with Gasteiger partial charge in [0.05, 0.1) is 0 Å². The standard InChI is InChI=1S/C29H32Cl2N2O3/c1-4-21(3)32-29(35)27(16-22-10-6-5-7-11-22)33(18-23-13-14-24(30)17-26(23)31)28(34)19-36-25-12-8-9-20(2)15-25/h5-15,17,21,27H,4,16,18-19H2,1-3H3,(H,32,35). The van der Waals surface area contributed by atoms with Crippen molar-refractivity contribution in [3.8, 4) is 5.75 Å². The van der Waals surface area contributed by atoms with Crippen molar-refractivity contribution < 1.29 is 14.3 Å². The molecule has 7 heteroatoms. The molecule has 36 heavy (non-hydrogen) atoms. The van der Waals surface area contributed by atoms with Gasteiger partial charge in [-0.3, -0.25) is 9.59 Å². The van der Waals surface area contributed by atoms with Gasteiger partial charge >= 0.3 is 0 Å².